The van der Waals surface area contributed by atoms with Crippen LogP contribution in [0.25, 0.3) is 0 Å². The Morgan fingerprint density at radius 1 is 1.33 bits per heavy atom. The van der Waals surface area contributed by atoms with Gasteiger partial charge in [-0.25, -0.2) is 0 Å². The molecule has 1 aromatic carbocycles. The first kappa shape index (κ1) is 9.60. The number of hydrogen-bond donors (Lipinski definition) is 1. The molecule has 1 heterocycles. The highest BCUT2D eigenvalue weighted by Gasteiger charge is 2.13. The number of benzene rings is 1. The Hall–Kier alpha value is -1.95. The van der Waals surface area contributed by atoms with E-state index in [1.54, 1.807) is 30.3 Å². The van der Waals surface area contributed by atoms with Gasteiger partial charge in [-0.2, -0.15) is 0 Å². The lowest BCUT2D eigenvalue weighted by molar-refractivity contribution is 0.0942. The first-order valence-electron chi connectivity index (χ1n) is 4.14. The van der Waals surface area contributed by atoms with Crippen LogP contribution >= 0.6 is 11.3 Å². The summed E-state index contributed by atoms with van der Waals surface area (Å²) >= 11 is 0.745. The van der Waals surface area contributed by atoms with Gasteiger partial charge in [-0.1, -0.05) is 18.2 Å². The molecule has 0 bridgehead atoms. The lowest BCUT2D eigenvalue weighted by atomic mass is 10.2. The van der Waals surface area contributed by atoms with Crippen LogP contribution < -0.4 is 10.6 Å². The van der Waals surface area contributed by atoms with E-state index in [4.69, 9.17) is 5.73 Å². The van der Waals surface area contributed by atoms with Gasteiger partial charge in [-0.05, 0) is 23.5 Å². The summed E-state index contributed by atoms with van der Waals surface area (Å²) < 4.78 is 0.773. The predicted octanol–water partition coefficient (Wildman–Crippen LogP) is 0.575. The van der Waals surface area contributed by atoms with E-state index in [0.717, 1.165) is 16.0 Å². The summed E-state index contributed by atoms with van der Waals surface area (Å²) in [5, 5.41) is 3.72. The van der Waals surface area contributed by atoms with Crippen molar-refractivity contribution in [1.29, 1.82) is 0 Å². The first-order chi connectivity index (χ1) is 7.18. The van der Waals surface area contributed by atoms with Gasteiger partial charge in [0.05, 0.1) is 0 Å². The first-order valence-corrected chi connectivity index (χ1v) is 4.95. The van der Waals surface area contributed by atoms with Gasteiger partial charge >= 0.3 is 4.87 Å². The fourth-order valence-corrected chi connectivity index (χ4v) is 1.64. The van der Waals surface area contributed by atoms with E-state index in [-0.39, 0.29) is 5.13 Å². The third-order valence-electron chi connectivity index (χ3n) is 1.78. The molecule has 6 heteroatoms. The molecule has 15 heavy (non-hydrogen) atoms. The minimum absolute atomic E-state index is 0.0873. The van der Waals surface area contributed by atoms with E-state index in [1.165, 1.54) is 0 Å². The van der Waals surface area contributed by atoms with Crippen LogP contribution in [0.5, 0.6) is 0 Å². The van der Waals surface area contributed by atoms with E-state index in [0.29, 0.717) is 5.56 Å². The molecule has 0 spiro atoms. The molecule has 0 saturated carbocycles. The number of aromatic nitrogens is 2. The molecule has 0 fully saturated rings. The van der Waals surface area contributed by atoms with Gasteiger partial charge in [-0.15, -0.1) is 9.78 Å². The zero-order chi connectivity index (χ0) is 10.8. The number of nitrogen functional groups attached to an aromatic ring is 1. The average Bonchev–Trinajstić information content (AvgIpc) is 2.58. The maximum absolute atomic E-state index is 11.7. The molecule has 2 aromatic rings. The minimum atomic E-state index is -0.471. The van der Waals surface area contributed by atoms with E-state index < -0.39 is 10.8 Å². The van der Waals surface area contributed by atoms with Crippen LogP contribution in [-0.2, 0) is 0 Å². The van der Waals surface area contributed by atoms with Crippen molar-refractivity contribution >= 4 is 22.4 Å². The number of anilines is 1. The second-order valence-electron chi connectivity index (χ2n) is 2.79. The summed E-state index contributed by atoms with van der Waals surface area (Å²) in [6.45, 7) is 0. The van der Waals surface area contributed by atoms with Crippen LogP contribution in [0.3, 0.4) is 0 Å². The summed E-state index contributed by atoms with van der Waals surface area (Å²) in [7, 11) is 0. The quantitative estimate of drug-likeness (QED) is 0.763. The Kier molecular flexibility index (Phi) is 2.34. The van der Waals surface area contributed by atoms with Crippen molar-refractivity contribution in [2.24, 2.45) is 0 Å². The van der Waals surface area contributed by atoms with Gasteiger partial charge < -0.3 is 5.73 Å². The molecule has 0 aliphatic rings. The normalized spacial score (nSPS) is 10.1. The smallest absolute Gasteiger partial charge is 0.334 e. The van der Waals surface area contributed by atoms with E-state index >= 15 is 0 Å². The topological polar surface area (TPSA) is 78.0 Å². The Labute approximate surface area is 88.8 Å². The molecule has 0 amide bonds. The number of rotatable bonds is 1. The van der Waals surface area contributed by atoms with Gasteiger partial charge in [-0.3, -0.25) is 9.59 Å². The van der Waals surface area contributed by atoms with Crippen molar-refractivity contribution in [3.05, 3.63) is 45.6 Å². The highest BCUT2D eigenvalue weighted by molar-refractivity contribution is 7.12. The highest BCUT2D eigenvalue weighted by Crippen LogP contribution is 2.03. The third kappa shape index (κ3) is 1.79. The predicted molar refractivity (Wildman–Crippen MR) is 57.0 cm³/mol. The number of hydrogen-bond acceptors (Lipinski definition) is 5. The molecule has 0 saturated heterocycles. The van der Waals surface area contributed by atoms with Crippen LogP contribution in [-0.4, -0.2) is 15.7 Å². The summed E-state index contributed by atoms with van der Waals surface area (Å²) in [5.41, 5.74) is 5.74. The molecular formula is C9H7N3O2S. The Bertz CT molecular complexity index is 544. The lowest BCUT2D eigenvalue weighted by Crippen LogP contribution is -2.23. The van der Waals surface area contributed by atoms with Crippen molar-refractivity contribution < 1.29 is 4.79 Å². The summed E-state index contributed by atoms with van der Waals surface area (Å²) in [6, 6.07) is 8.45. The maximum Gasteiger partial charge on any atom is 0.334 e. The molecule has 2 rings (SSSR count). The largest absolute Gasteiger partial charge is 0.374 e. The zero-order valence-electron chi connectivity index (χ0n) is 7.58. The average molecular weight is 221 g/mol. The second-order valence-corrected chi connectivity index (χ2v) is 3.76. The molecule has 0 radical (unpaired) electrons. The van der Waals surface area contributed by atoms with Crippen LogP contribution in [0, 0.1) is 0 Å². The monoisotopic (exact) mass is 221 g/mol. The fraction of sp³-hybridized carbons (Fsp3) is 0. The summed E-state index contributed by atoms with van der Waals surface area (Å²) in [5.74, 6) is -0.464. The van der Waals surface area contributed by atoms with Crippen molar-refractivity contribution in [2.45, 2.75) is 0 Å². The third-order valence-corrected chi connectivity index (χ3v) is 2.41. The Balaban J connectivity index is 2.46. The molecule has 76 valence electrons. The van der Waals surface area contributed by atoms with Crippen molar-refractivity contribution in [1.82, 2.24) is 9.78 Å². The lowest BCUT2D eigenvalue weighted by Gasteiger charge is -1.97. The highest BCUT2D eigenvalue weighted by atomic mass is 32.1. The molecule has 0 aliphatic heterocycles. The van der Waals surface area contributed by atoms with Gasteiger partial charge in [0.1, 0.15) is 0 Å². The van der Waals surface area contributed by atoms with Gasteiger partial charge in [0, 0.05) is 5.56 Å². The molecular weight excluding hydrogens is 214 g/mol. The van der Waals surface area contributed by atoms with Crippen molar-refractivity contribution in [3.63, 3.8) is 0 Å². The SMILES string of the molecule is Nc1nn(C(=O)c2ccccc2)c(=O)s1. The summed E-state index contributed by atoms with van der Waals surface area (Å²) in [4.78, 5) is 22.5. The van der Waals surface area contributed by atoms with Crippen LogP contribution in [0.15, 0.2) is 35.1 Å². The van der Waals surface area contributed by atoms with E-state index in [2.05, 4.69) is 5.10 Å². The minimum Gasteiger partial charge on any atom is -0.374 e. The van der Waals surface area contributed by atoms with Crippen LogP contribution in [0.4, 0.5) is 5.13 Å². The second kappa shape index (κ2) is 3.66. The standard InChI is InChI=1S/C9H7N3O2S/c10-8-11-12(9(14)15-8)7(13)6-4-2-1-3-5-6/h1-5H,(H2,10,11). The van der Waals surface area contributed by atoms with Gasteiger partial charge in [0.2, 0.25) is 5.13 Å². The van der Waals surface area contributed by atoms with Crippen LogP contribution in [0.2, 0.25) is 0 Å². The number of nitrogens with two attached hydrogens (primary N) is 1. The molecule has 0 unspecified atom stereocenters. The number of carbonyl (C=O) groups is 1. The number of nitrogens with zero attached hydrogens (tertiary/aromatic N) is 2. The molecule has 2 N–H and O–H groups in total. The van der Waals surface area contributed by atoms with E-state index in [9.17, 15) is 9.59 Å². The molecule has 1 aromatic heterocycles. The van der Waals surface area contributed by atoms with Gasteiger partial charge in [0.15, 0.2) is 0 Å². The van der Waals surface area contributed by atoms with Crippen molar-refractivity contribution in [3.8, 4) is 0 Å². The maximum atomic E-state index is 11.7. The molecule has 0 aliphatic carbocycles. The summed E-state index contributed by atoms with van der Waals surface area (Å²) in [6.07, 6.45) is 0. The van der Waals surface area contributed by atoms with E-state index in [1.807, 2.05) is 0 Å². The van der Waals surface area contributed by atoms with Crippen molar-refractivity contribution in [2.75, 3.05) is 5.73 Å². The zero-order valence-corrected chi connectivity index (χ0v) is 8.40. The Morgan fingerprint density at radius 3 is 2.53 bits per heavy atom. The number of carbonyl (C=O) groups excluding carboxylic acids is 1. The van der Waals surface area contributed by atoms with Crippen LogP contribution in [0.1, 0.15) is 10.4 Å². The molecule has 5 nitrogen and oxygen atoms in total. The molecule has 0 atom stereocenters. The fourth-order valence-electron chi connectivity index (χ4n) is 1.12. The van der Waals surface area contributed by atoms with Gasteiger partial charge in [0.25, 0.3) is 5.91 Å². The Morgan fingerprint density at radius 2 is 2.00 bits per heavy atom.